The second-order valence-electron chi connectivity index (χ2n) is 5.11. The van der Waals surface area contributed by atoms with Gasteiger partial charge in [-0.1, -0.05) is 24.6 Å². The van der Waals surface area contributed by atoms with E-state index in [0.717, 1.165) is 0 Å². The Morgan fingerprint density at radius 1 is 1.42 bits per heavy atom. The van der Waals surface area contributed by atoms with Gasteiger partial charge in [0, 0.05) is 18.1 Å². The quantitative estimate of drug-likeness (QED) is 0.909. The maximum Gasteiger partial charge on any atom is 0.243 e. The van der Waals surface area contributed by atoms with Crippen molar-refractivity contribution >= 4 is 21.6 Å². The molecule has 1 aromatic carbocycles. The highest BCUT2D eigenvalue weighted by atomic mass is 35.5. The topological polar surface area (TPSA) is 57.6 Å². The summed E-state index contributed by atoms with van der Waals surface area (Å²) in [6.07, 6.45) is 0.0584. The van der Waals surface area contributed by atoms with Crippen molar-refractivity contribution in [1.29, 1.82) is 0 Å². The summed E-state index contributed by atoms with van der Waals surface area (Å²) in [5, 5.41) is 10.2. The van der Waals surface area contributed by atoms with Gasteiger partial charge in [-0.3, -0.25) is 0 Å². The highest BCUT2D eigenvalue weighted by molar-refractivity contribution is 7.89. The molecule has 1 aliphatic heterocycles. The number of piperidine rings is 1. The normalized spacial score (nSPS) is 25.5. The van der Waals surface area contributed by atoms with Gasteiger partial charge in [-0.2, -0.15) is 4.31 Å². The van der Waals surface area contributed by atoms with E-state index in [1.165, 1.54) is 10.4 Å². The minimum atomic E-state index is -3.58. The number of β-amino-alcohol motifs (C(OH)–C–C–N with tert-alkyl or cyclic N) is 1. The molecule has 1 aromatic rings. The fraction of sp³-hybridized carbons (Fsp3) is 0.538. The second-order valence-corrected chi connectivity index (χ2v) is 7.45. The van der Waals surface area contributed by atoms with Gasteiger partial charge in [0.2, 0.25) is 10.0 Å². The molecule has 1 aliphatic rings. The van der Waals surface area contributed by atoms with Crippen molar-refractivity contribution in [3.63, 3.8) is 0 Å². The standard InChI is InChI=1S/C13H18ClNO3S/c1-9-5-6-15(8-12(9)16)19(17,18)13-7-11(14)4-3-10(13)2/h3-4,7,9,12,16H,5-6,8H2,1-2H3. The molecule has 0 saturated carbocycles. The van der Waals surface area contributed by atoms with E-state index in [4.69, 9.17) is 11.6 Å². The maximum atomic E-state index is 12.6. The number of benzene rings is 1. The first-order valence-corrected chi connectivity index (χ1v) is 8.08. The van der Waals surface area contributed by atoms with E-state index in [9.17, 15) is 13.5 Å². The lowest BCUT2D eigenvalue weighted by molar-refractivity contribution is 0.0605. The van der Waals surface area contributed by atoms with Crippen molar-refractivity contribution in [2.75, 3.05) is 13.1 Å². The van der Waals surface area contributed by atoms with E-state index >= 15 is 0 Å². The number of sulfonamides is 1. The molecule has 0 radical (unpaired) electrons. The van der Waals surface area contributed by atoms with Crippen LogP contribution in [0.1, 0.15) is 18.9 Å². The van der Waals surface area contributed by atoms with Gasteiger partial charge in [0.25, 0.3) is 0 Å². The van der Waals surface area contributed by atoms with Gasteiger partial charge >= 0.3 is 0 Å². The smallest absolute Gasteiger partial charge is 0.243 e. The average Bonchev–Trinajstić information content (AvgIpc) is 2.35. The van der Waals surface area contributed by atoms with Gasteiger partial charge in [0.1, 0.15) is 0 Å². The third-order valence-corrected chi connectivity index (χ3v) is 5.89. The van der Waals surface area contributed by atoms with Gasteiger partial charge in [-0.05, 0) is 37.0 Å². The number of rotatable bonds is 2. The van der Waals surface area contributed by atoms with E-state index in [-0.39, 0.29) is 17.4 Å². The minimum absolute atomic E-state index is 0.131. The summed E-state index contributed by atoms with van der Waals surface area (Å²) in [6.45, 7) is 4.26. The third kappa shape index (κ3) is 2.94. The van der Waals surface area contributed by atoms with Crippen molar-refractivity contribution < 1.29 is 13.5 Å². The molecule has 1 fully saturated rings. The van der Waals surface area contributed by atoms with Crippen LogP contribution in [0, 0.1) is 12.8 Å². The highest BCUT2D eigenvalue weighted by Gasteiger charge is 2.33. The Balaban J connectivity index is 2.35. The Labute approximate surface area is 119 Å². The first kappa shape index (κ1) is 14.8. The van der Waals surface area contributed by atoms with Gasteiger partial charge in [0.05, 0.1) is 11.0 Å². The zero-order chi connectivity index (χ0) is 14.2. The maximum absolute atomic E-state index is 12.6. The van der Waals surface area contributed by atoms with Crippen molar-refractivity contribution in [3.05, 3.63) is 28.8 Å². The lowest BCUT2D eigenvalue weighted by atomic mass is 9.98. The monoisotopic (exact) mass is 303 g/mol. The Hall–Kier alpha value is -0.620. The molecule has 1 heterocycles. The number of aryl methyl sites for hydroxylation is 1. The van der Waals surface area contributed by atoms with E-state index in [2.05, 4.69) is 0 Å². The molecule has 1 N–H and O–H groups in total. The summed E-state index contributed by atoms with van der Waals surface area (Å²) in [4.78, 5) is 0.224. The second kappa shape index (κ2) is 5.40. The molecular formula is C13H18ClNO3S. The van der Waals surface area contributed by atoms with Gasteiger partial charge in [-0.25, -0.2) is 8.42 Å². The number of nitrogens with zero attached hydrogens (tertiary/aromatic N) is 1. The van der Waals surface area contributed by atoms with Gasteiger partial charge in [-0.15, -0.1) is 0 Å². The zero-order valence-electron chi connectivity index (χ0n) is 11.0. The van der Waals surface area contributed by atoms with Crippen LogP contribution in [0.4, 0.5) is 0 Å². The van der Waals surface area contributed by atoms with Crippen molar-refractivity contribution in [2.45, 2.75) is 31.3 Å². The lowest BCUT2D eigenvalue weighted by Gasteiger charge is -2.33. The summed E-state index contributed by atoms with van der Waals surface area (Å²) >= 11 is 5.88. The van der Waals surface area contributed by atoms with Crippen LogP contribution in [0.2, 0.25) is 5.02 Å². The van der Waals surface area contributed by atoms with Crippen molar-refractivity contribution in [2.24, 2.45) is 5.92 Å². The molecule has 2 unspecified atom stereocenters. The molecule has 0 spiro atoms. The van der Waals surface area contributed by atoms with Crippen LogP contribution >= 0.6 is 11.6 Å². The summed E-state index contributed by atoms with van der Waals surface area (Å²) in [6, 6.07) is 4.83. The molecule has 2 rings (SSSR count). The van der Waals surface area contributed by atoms with Crippen LogP contribution < -0.4 is 0 Å². The highest BCUT2D eigenvalue weighted by Crippen LogP contribution is 2.27. The summed E-state index contributed by atoms with van der Waals surface area (Å²) in [5.41, 5.74) is 0.664. The zero-order valence-corrected chi connectivity index (χ0v) is 12.6. The molecule has 0 bridgehead atoms. The summed E-state index contributed by atoms with van der Waals surface area (Å²) in [5.74, 6) is 0.131. The van der Waals surface area contributed by atoms with Gasteiger partial charge < -0.3 is 5.11 Å². The van der Waals surface area contributed by atoms with Crippen LogP contribution in [0.3, 0.4) is 0 Å². The van der Waals surface area contributed by atoms with Crippen LogP contribution in [0.25, 0.3) is 0 Å². The molecule has 19 heavy (non-hydrogen) atoms. The van der Waals surface area contributed by atoms with Crippen LogP contribution in [-0.4, -0.2) is 37.0 Å². The molecular weight excluding hydrogens is 286 g/mol. The minimum Gasteiger partial charge on any atom is -0.391 e. The van der Waals surface area contributed by atoms with E-state index < -0.39 is 16.1 Å². The van der Waals surface area contributed by atoms with Crippen molar-refractivity contribution in [1.82, 2.24) is 4.31 Å². The number of hydrogen-bond donors (Lipinski definition) is 1. The molecule has 6 heteroatoms. The summed E-state index contributed by atoms with van der Waals surface area (Å²) in [7, 11) is -3.58. The lowest BCUT2D eigenvalue weighted by Crippen LogP contribution is -2.45. The average molecular weight is 304 g/mol. The molecule has 2 atom stereocenters. The molecule has 106 valence electrons. The molecule has 0 amide bonds. The predicted octanol–water partition coefficient (Wildman–Crippen LogP) is 2.04. The third-order valence-electron chi connectivity index (χ3n) is 3.65. The Morgan fingerprint density at radius 2 is 2.11 bits per heavy atom. The molecule has 1 saturated heterocycles. The largest absolute Gasteiger partial charge is 0.391 e. The number of aliphatic hydroxyl groups excluding tert-OH is 1. The fourth-order valence-electron chi connectivity index (χ4n) is 2.23. The van der Waals surface area contributed by atoms with Crippen LogP contribution in [0.15, 0.2) is 23.1 Å². The number of halogens is 1. The Morgan fingerprint density at radius 3 is 2.74 bits per heavy atom. The number of hydrogen-bond acceptors (Lipinski definition) is 3. The van der Waals surface area contributed by atoms with Crippen LogP contribution in [0.5, 0.6) is 0 Å². The Kier molecular flexibility index (Phi) is 4.20. The number of aliphatic hydroxyl groups is 1. The summed E-state index contributed by atoms with van der Waals surface area (Å²) < 4.78 is 26.5. The van der Waals surface area contributed by atoms with Crippen molar-refractivity contribution in [3.8, 4) is 0 Å². The molecule has 4 nitrogen and oxygen atoms in total. The molecule has 0 aromatic heterocycles. The predicted molar refractivity (Wildman–Crippen MR) is 74.7 cm³/mol. The first-order chi connectivity index (χ1) is 8.82. The van der Waals surface area contributed by atoms with Gasteiger partial charge in [0.15, 0.2) is 0 Å². The molecule has 0 aliphatic carbocycles. The SMILES string of the molecule is Cc1ccc(Cl)cc1S(=O)(=O)N1CCC(C)C(O)C1. The van der Waals surface area contributed by atoms with E-state index in [1.54, 1.807) is 19.1 Å². The fourth-order valence-corrected chi connectivity index (χ4v) is 4.19. The van der Waals surface area contributed by atoms with E-state index in [1.807, 2.05) is 6.92 Å². The first-order valence-electron chi connectivity index (χ1n) is 6.26. The van der Waals surface area contributed by atoms with Crippen LogP contribution in [-0.2, 0) is 10.0 Å². The Bertz CT molecular complexity index is 573. The van der Waals surface area contributed by atoms with E-state index in [0.29, 0.717) is 23.6 Å².